The number of aliphatic imine (C=N–C) groups is 1. The number of carboxylic acid groups (broad SMARTS) is 1. The molecule has 7 heteroatoms. The highest BCUT2D eigenvalue weighted by Crippen LogP contribution is 2.28. The van der Waals surface area contributed by atoms with Crippen molar-refractivity contribution in [3.05, 3.63) is 28.7 Å². The van der Waals surface area contributed by atoms with Crippen molar-refractivity contribution in [1.29, 1.82) is 0 Å². The molecule has 0 radical (unpaired) electrons. The molecule has 1 aliphatic rings. The van der Waals surface area contributed by atoms with Crippen molar-refractivity contribution in [3.8, 4) is 0 Å². The standard InChI is InChI=1S/C12H11BrN2O3S/c1-15-10(16)6-9(11(17)18)19-12(15)14-8-4-2-7(13)3-5-8/h2-5,9H,6H2,1H3,(H,17,18)/p-1/t9-/m0/s1. The molecule has 1 saturated heterocycles. The Balaban J connectivity index is 2.27. The van der Waals surface area contributed by atoms with Gasteiger partial charge in [-0.2, -0.15) is 0 Å². The molecule has 1 aliphatic heterocycles. The quantitative estimate of drug-likeness (QED) is 0.808. The first kappa shape index (κ1) is 14.1. The SMILES string of the molecule is CN1C(=O)C[C@@H](C(=O)[O-])SC1=Nc1ccc(Br)cc1. The third kappa shape index (κ3) is 3.36. The third-order valence-electron chi connectivity index (χ3n) is 2.58. The smallest absolute Gasteiger partial charge is 0.229 e. The number of amidine groups is 1. The van der Waals surface area contributed by atoms with E-state index in [0.717, 1.165) is 16.2 Å². The second kappa shape index (κ2) is 5.75. The fraction of sp³-hybridized carbons (Fsp3) is 0.250. The first-order valence-electron chi connectivity index (χ1n) is 5.45. The molecule has 0 unspecified atom stereocenters. The maximum Gasteiger partial charge on any atom is 0.229 e. The van der Waals surface area contributed by atoms with Crippen LogP contribution in [0.5, 0.6) is 0 Å². The minimum Gasteiger partial charge on any atom is -0.549 e. The number of hydrogen-bond donors (Lipinski definition) is 0. The van der Waals surface area contributed by atoms with Crippen LogP contribution in [-0.4, -0.2) is 34.2 Å². The summed E-state index contributed by atoms with van der Waals surface area (Å²) in [6, 6.07) is 7.20. The molecule has 1 heterocycles. The van der Waals surface area contributed by atoms with Gasteiger partial charge < -0.3 is 9.90 Å². The maximum absolute atomic E-state index is 11.7. The third-order valence-corrected chi connectivity index (χ3v) is 4.33. The predicted octanol–water partition coefficient (Wildman–Crippen LogP) is 1.15. The van der Waals surface area contributed by atoms with Crippen LogP contribution in [-0.2, 0) is 9.59 Å². The number of halogens is 1. The Morgan fingerprint density at radius 1 is 1.47 bits per heavy atom. The Morgan fingerprint density at radius 3 is 2.68 bits per heavy atom. The average molecular weight is 342 g/mol. The topological polar surface area (TPSA) is 72.8 Å². The van der Waals surface area contributed by atoms with Gasteiger partial charge in [0.1, 0.15) is 0 Å². The summed E-state index contributed by atoms with van der Waals surface area (Å²) >= 11 is 4.35. The number of carboxylic acids is 1. The highest BCUT2D eigenvalue weighted by atomic mass is 79.9. The molecule has 1 amide bonds. The van der Waals surface area contributed by atoms with E-state index in [4.69, 9.17) is 0 Å². The number of thioether (sulfide) groups is 1. The average Bonchev–Trinajstić information content (AvgIpc) is 2.37. The van der Waals surface area contributed by atoms with Crippen LogP contribution in [0.15, 0.2) is 33.7 Å². The molecule has 5 nitrogen and oxygen atoms in total. The summed E-state index contributed by atoms with van der Waals surface area (Å²) in [5.41, 5.74) is 0.657. The van der Waals surface area contributed by atoms with E-state index in [2.05, 4.69) is 20.9 Å². The van der Waals surface area contributed by atoms with Crippen LogP contribution in [0.1, 0.15) is 6.42 Å². The molecule has 19 heavy (non-hydrogen) atoms. The lowest BCUT2D eigenvalue weighted by atomic mass is 10.3. The van der Waals surface area contributed by atoms with E-state index in [1.807, 2.05) is 12.1 Å². The zero-order valence-electron chi connectivity index (χ0n) is 10.00. The van der Waals surface area contributed by atoms with Crippen LogP contribution in [0.2, 0.25) is 0 Å². The van der Waals surface area contributed by atoms with Gasteiger partial charge in [-0.25, -0.2) is 4.99 Å². The molecule has 1 aromatic carbocycles. The summed E-state index contributed by atoms with van der Waals surface area (Å²) in [6.07, 6.45) is -0.0666. The van der Waals surface area contributed by atoms with Gasteiger partial charge in [-0.15, -0.1) is 0 Å². The second-order valence-corrected chi connectivity index (χ2v) is 6.04. The monoisotopic (exact) mass is 341 g/mol. The Labute approximate surface area is 122 Å². The van der Waals surface area contributed by atoms with E-state index in [1.165, 1.54) is 4.90 Å². The summed E-state index contributed by atoms with van der Waals surface area (Å²) in [5, 5.41) is 10.4. The molecule has 0 aliphatic carbocycles. The number of carbonyl (C=O) groups excluding carboxylic acids is 2. The van der Waals surface area contributed by atoms with Gasteiger partial charge in [0.2, 0.25) is 5.91 Å². The van der Waals surface area contributed by atoms with Gasteiger partial charge in [-0.3, -0.25) is 9.69 Å². The summed E-state index contributed by atoms with van der Waals surface area (Å²) in [5.74, 6) is -1.52. The van der Waals surface area contributed by atoms with Crippen LogP contribution in [0, 0.1) is 0 Å². The zero-order valence-corrected chi connectivity index (χ0v) is 12.4. The molecule has 0 saturated carbocycles. The van der Waals surface area contributed by atoms with Gasteiger partial charge in [-0.1, -0.05) is 27.7 Å². The minimum absolute atomic E-state index is 0.0666. The summed E-state index contributed by atoms with van der Waals surface area (Å²) < 4.78 is 0.921. The van der Waals surface area contributed by atoms with Gasteiger partial charge in [0.15, 0.2) is 5.17 Å². The van der Waals surface area contributed by atoms with Gasteiger partial charge in [-0.05, 0) is 24.3 Å². The second-order valence-electron chi connectivity index (χ2n) is 3.95. The van der Waals surface area contributed by atoms with Crippen molar-refractivity contribution in [2.75, 3.05) is 7.05 Å². The van der Waals surface area contributed by atoms with Crippen molar-refractivity contribution >= 4 is 50.4 Å². The summed E-state index contributed by atoms with van der Waals surface area (Å²) in [7, 11) is 1.58. The number of rotatable bonds is 2. The van der Waals surface area contributed by atoms with Crippen LogP contribution in [0.25, 0.3) is 0 Å². The molecule has 1 aromatic rings. The Kier molecular flexibility index (Phi) is 4.26. The molecule has 0 aromatic heterocycles. The molecule has 0 spiro atoms. The molecule has 0 N–H and O–H groups in total. The van der Waals surface area contributed by atoms with Crippen molar-refractivity contribution in [1.82, 2.24) is 4.90 Å². The first-order valence-corrected chi connectivity index (χ1v) is 7.13. The Bertz CT molecular complexity index is 544. The van der Waals surface area contributed by atoms with Crippen molar-refractivity contribution in [2.45, 2.75) is 11.7 Å². The molecule has 1 atom stereocenters. The van der Waals surface area contributed by atoms with Gasteiger partial charge in [0.05, 0.1) is 16.9 Å². The number of carbonyl (C=O) groups is 2. The van der Waals surface area contributed by atoms with E-state index >= 15 is 0 Å². The van der Waals surface area contributed by atoms with E-state index < -0.39 is 11.2 Å². The maximum atomic E-state index is 11.7. The predicted molar refractivity (Wildman–Crippen MR) is 75.0 cm³/mol. The van der Waals surface area contributed by atoms with Crippen molar-refractivity contribution < 1.29 is 14.7 Å². The fourth-order valence-corrected chi connectivity index (χ4v) is 2.77. The van der Waals surface area contributed by atoms with Crippen LogP contribution in [0.3, 0.4) is 0 Å². The van der Waals surface area contributed by atoms with Gasteiger partial charge in [0.25, 0.3) is 0 Å². The van der Waals surface area contributed by atoms with Crippen molar-refractivity contribution in [2.24, 2.45) is 4.99 Å². The van der Waals surface area contributed by atoms with E-state index in [-0.39, 0.29) is 12.3 Å². The van der Waals surface area contributed by atoms with Crippen molar-refractivity contribution in [3.63, 3.8) is 0 Å². The largest absolute Gasteiger partial charge is 0.549 e. The van der Waals surface area contributed by atoms with Gasteiger partial charge >= 0.3 is 0 Å². The molecule has 1 fully saturated rings. The number of amides is 1. The molecule has 100 valence electrons. The van der Waals surface area contributed by atoms with E-state index in [9.17, 15) is 14.7 Å². The molecule has 2 rings (SSSR count). The summed E-state index contributed by atoms with van der Waals surface area (Å²) in [4.78, 5) is 28.2. The fourth-order valence-electron chi connectivity index (χ4n) is 1.51. The minimum atomic E-state index is -1.24. The highest BCUT2D eigenvalue weighted by molar-refractivity contribution is 9.10. The number of nitrogens with zero attached hydrogens (tertiary/aromatic N) is 2. The van der Waals surface area contributed by atoms with E-state index in [0.29, 0.717) is 10.9 Å². The number of hydrogen-bond acceptors (Lipinski definition) is 5. The number of benzene rings is 1. The first-order chi connectivity index (χ1) is 8.97. The number of aliphatic carboxylic acids is 1. The van der Waals surface area contributed by atoms with Crippen LogP contribution >= 0.6 is 27.7 Å². The Morgan fingerprint density at radius 2 is 2.11 bits per heavy atom. The Hall–Kier alpha value is -1.34. The normalized spacial score (nSPS) is 21.8. The summed E-state index contributed by atoms with van der Waals surface area (Å²) in [6.45, 7) is 0. The van der Waals surface area contributed by atoms with Crippen LogP contribution in [0.4, 0.5) is 5.69 Å². The lowest BCUT2D eigenvalue weighted by Crippen LogP contribution is -2.45. The lowest BCUT2D eigenvalue weighted by Gasteiger charge is -2.29. The lowest BCUT2D eigenvalue weighted by molar-refractivity contribution is -0.304. The highest BCUT2D eigenvalue weighted by Gasteiger charge is 2.30. The zero-order chi connectivity index (χ0) is 14.0. The molecular formula is C12H10BrN2O3S-. The van der Waals surface area contributed by atoms with Crippen LogP contribution < -0.4 is 5.11 Å². The molecule has 0 bridgehead atoms. The van der Waals surface area contributed by atoms with Gasteiger partial charge in [0, 0.05) is 17.9 Å². The molecular weight excluding hydrogens is 332 g/mol. The van der Waals surface area contributed by atoms with E-state index in [1.54, 1.807) is 19.2 Å².